The van der Waals surface area contributed by atoms with E-state index < -0.39 is 17.6 Å². The molecule has 19 heavy (non-hydrogen) atoms. The van der Waals surface area contributed by atoms with Crippen molar-refractivity contribution >= 4 is 17.5 Å². The molecule has 0 bridgehead atoms. The third-order valence-electron chi connectivity index (χ3n) is 2.78. The van der Waals surface area contributed by atoms with Gasteiger partial charge in [0.05, 0.1) is 13.2 Å². The smallest absolute Gasteiger partial charge is 0.277 e. The maximum atomic E-state index is 13.4. The van der Waals surface area contributed by atoms with Crippen molar-refractivity contribution in [3.8, 4) is 0 Å². The van der Waals surface area contributed by atoms with Crippen LogP contribution in [0.3, 0.4) is 0 Å². The van der Waals surface area contributed by atoms with E-state index in [4.69, 9.17) is 5.11 Å². The number of nitrogens with one attached hydrogen (secondary N) is 1. The number of aryl methyl sites for hydroxylation is 1. The number of nitrogens with zero attached hydrogens (tertiary/aromatic N) is 1. The molecule has 2 rings (SSSR count). The molecular formula is C13H13FN2O3. The minimum Gasteiger partial charge on any atom is -0.395 e. The summed E-state index contributed by atoms with van der Waals surface area (Å²) in [6.07, 6.45) is 1.13. The predicted octanol–water partition coefficient (Wildman–Crippen LogP) is 0.791. The van der Waals surface area contributed by atoms with Crippen molar-refractivity contribution in [2.45, 2.75) is 6.92 Å². The second-order valence-electron chi connectivity index (χ2n) is 4.17. The Morgan fingerprint density at radius 3 is 2.74 bits per heavy atom. The highest BCUT2D eigenvalue weighted by Gasteiger charge is 2.30. The Balaban J connectivity index is 2.16. The van der Waals surface area contributed by atoms with Gasteiger partial charge in [-0.05, 0) is 24.6 Å². The van der Waals surface area contributed by atoms with Gasteiger partial charge in [-0.1, -0.05) is 6.07 Å². The first-order valence-electron chi connectivity index (χ1n) is 5.74. The summed E-state index contributed by atoms with van der Waals surface area (Å²) in [6, 6.07) is 4.44. The van der Waals surface area contributed by atoms with E-state index in [9.17, 15) is 14.0 Å². The van der Waals surface area contributed by atoms with Crippen LogP contribution in [0.5, 0.6) is 0 Å². The van der Waals surface area contributed by atoms with Gasteiger partial charge in [-0.2, -0.15) is 0 Å². The van der Waals surface area contributed by atoms with Crippen molar-refractivity contribution in [2.75, 3.05) is 18.5 Å². The lowest BCUT2D eigenvalue weighted by molar-refractivity contribution is -0.137. The fourth-order valence-electron chi connectivity index (χ4n) is 1.74. The SMILES string of the molecule is Cc1ccc(NC2=CC(=O)N(CCO)C2=O)cc1F. The number of amides is 2. The Morgan fingerprint density at radius 1 is 1.37 bits per heavy atom. The first-order chi connectivity index (χ1) is 9.02. The van der Waals surface area contributed by atoms with Crippen LogP contribution < -0.4 is 5.32 Å². The number of halogens is 1. The summed E-state index contributed by atoms with van der Waals surface area (Å²) in [5.74, 6) is -1.41. The number of β-amino-alcohol motifs (C(OH)–C–C–N with tert-alkyl or cyclic N) is 1. The lowest BCUT2D eigenvalue weighted by atomic mass is 10.2. The zero-order valence-corrected chi connectivity index (χ0v) is 10.3. The quantitative estimate of drug-likeness (QED) is 0.789. The summed E-state index contributed by atoms with van der Waals surface area (Å²) in [4.78, 5) is 24.3. The van der Waals surface area contributed by atoms with Crippen molar-refractivity contribution in [2.24, 2.45) is 0 Å². The van der Waals surface area contributed by atoms with E-state index >= 15 is 0 Å². The average molecular weight is 264 g/mol. The third-order valence-corrected chi connectivity index (χ3v) is 2.78. The number of benzene rings is 1. The van der Waals surface area contributed by atoms with Crippen LogP contribution in [0.2, 0.25) is 0 Å². The van der Waals surface area contributed by atoms with Gasteiger partial charge >= 0.3 is 0 Å². The molecule has 1 heterocycles. The van der Waals surface area contributed by atoms with Gasteiger partial charge in [-0.15, -0.1) is 0 Å². The van der Waals surface area contributed by atoms with Crippen LogP contribution in [0.25, 0.3) is 0 Å². The van der Waals surface area contributed by atoms with Crippen LogP contribution >= 0.6 is 0 Å². The molecule has 0 fully saturated rings. The lowest BCUT2D eigenvalue weighted by Gasteiger charge is -2.13. The number of aliphatic hydroxyl groups is 1. The van der Waals surface area contributed by atoms with Crippen molar-refractivity contribution in [1.82, 2.24) is 4.90 Å². The van der Waals surface area contributed by atoms with Gasteiger partial charge in [0.25, 0.3) is 11.8 Å². The van der Waals surface area contributed by atoms with E-state index in [1.807, 2.05) is 0 Å². The number of carbonyl (C=O) groups excluding carboxylic acids is 2. The summed E-state index contributed by atoms with van der Waals surface area (Å²) in [5.41, 5.74) is 0.957. The lowest BCUT2D eigenvalue weighted by Crippen LogP contribution is -2.34. The fourth-order valence-corrected chi connectivity index (χ4v) is 1.74. The standard InChI is InChI=1S/C13H13FN2O3/c1-8-2-3-9(6-10(8)14)15-11-7-12(18)16(4-5-17)13(11)19/h2-3,6-7,15,17H,4-5H2,1H3. The van der Waals surface area contributed by atoms with Gasteiger partial charge in [0.2, 0.25) is 0 Å². The van der Waals surface area contributed by atoms with Crippen LogP contribution in [0, 0.1) is 12.7 Å². The largest absolute Gasteiger partial charge is 0.395 e. The van der Waals surface area contributed by atoms with Crippen LogP contribution in [0.1, 0.15) is 5.56 Å². The molecule has 5 nitrogen and oxygen atoms in total. The van der Waals surface area contributed by atoms with Crippen molar-refractivity contribution < 1.29 is 19.1 Å². The molecule has 0 spiro atoms. The Bertz CT molecular complexity index is 569. The summed E-state index contributed by atoms with van der Waals surface area (Å²) in [7, 11) is 0. The molecule has 0 saturated heterocycles. The maximum Gasteiger partial charge on any atom is 0.277 e. The second kappa shape index (κ2) is 5.19. The number of hydrogen-bond donors (Lipinski definition) is 2. The minimum atomic E-state index is -0.528. The van der Waals surface area contributed by atoms with E-state index in [1.165, 1.54) is 6.07 Å². The van der Waals surface area contributed by atoms with E-state index in [-0.39, 0.29) is 18.8 Å². The molecule has 6 heteroatoms. The van der Waals surface area contributed by atoms with Crippen LogP contribution in [0.4, 0.5) is 10.1 Å². The second-order valence-corrected chi connectivity index (χ2v) is 4.17. The fraction of sp³-hybridized carbons (Fsp3) is 0.231. The molecular weight excluding hydrogens is 251 g/mol. The highest BCUT2D eigenvalue weighted by Crippen LogP contribution is 2.19. The summed E-state index contributed by atoms with van der Waals surface area (Å²) >= 11 is 0. The molecule has 1 aliphatic rings. The Kier molecular flexibility index (Phi) is 3.62. The molecule has 2 N–H and O–H groups in total. The maximum absolute atomic E-state index is 13.4. The Hall–Kier alpha value is -2.21. The van der Waals surface area contributed by atoms with Crippen molar-refractivity contribution in [1.29, 1.82) is 0 Å². The average Bonchev–Trinajstić information content (AvgIpc) is 2.62. The van der Waals surface area contributed by atoms with Gasteiger partial charge in [-0.3, -0.25) is 14.5 Å². The van der Waals surface area contributed by atoms with Crippen LogP contribution in [-0.4, -0.2) is 35.0 Å². The van der Waals surface area contributed by atoms with Crippen LogP contribution in [-0.2, 0) is 9.59 Å². The van der Waals surface area contributed by atoms with Gasteiger partial charge in [-0.25, -0.2) is 4.39 Å². The summed E-state index contributed by atoms with van der Waals surface area (Å²) in [6.45, 7) is 1.28. The first-order valence-corrected chi connectivity index (χ1v) is 5.74. The number of rotatable bonds is 4. The normalized spacial score (nSPS) is 14.9. The molecule has 0 unspecified atom stereocenters. The third kappa shape index (κ3) is 2.63. The summed E-state index contributed by atoms with van der Waals surface area (Å²) < 4.78 is 13.4. The molecule has 2 amide bonds. The highest BCUT2D eigenvalue weighted by molar-refractivity contribution is 6.17. The van der Waals surface area contributed by atoms with E-state index in [0.717, 1.165) is 11.0 Å². The number of aliphatic hydroxyl groups excluding tert-OH is 1. The van der Waals surface area contributed by atoms with Gasteiger partial charge in [0.15, 0.2) is 0 Å². The number of anilines is 1. The van der Waals surface area contributed by atoms with Crippen molar-refractivity contribution in [3.63, 3.8) is 0 Å². The minimum absolute atomic E-state index is 0.0540. The Morgan fingerprint density at radius 2 is 2.11 bits per heavy atom. The van der Waals surface area contributed by atoms with Gasteiger partial charge in [0, 0.05) is 11.8 Å². The van der Waals surface area contributed by atoms with Gasteiger partial charge in [0.1, 0.15) is 11.5 Å². The molecule has 1 aliphatic heterocycles. The molecule has 0 aromatic heterocycles. The van der Waals surface area contributed by atoms with E-state index in [1.54, 1.807) is 19.1 Å². The molecule has 0 aliphatic carbocycles. The zero-order valence-electron chi connectivity index (χ0n) is 10.3. The first kappa shape index (κ1) is 13.2. The predicted molar refractivity (Wildman–Crippen MR) is 66.6 cm³/mol. The molecule has 1 aromatic carbocycles. The molecule has 1 aromatic rings. The molecule has 0 saturated carbocycles. The number of hydrogen-bond acceptors (Lipinski definition) is 4. The molecule has 100 valence electrons. The molecule has 0 atom stereocenters. The zero-order chi connectivity index (χ0) is 14.0. The monoisotopic (exact) mass is 264 g/mol. The van der Waals surface area contributed by atoms with E-state index in [2.05, 4.69) is 5.32 Å². The van der Waals surface area contributed by atoms with Gasteiger partial charge < -0.3 is 10.4 Å². The summed E-state index contributed by atoms with van der Waals surface area (Å²) in [5, 5.41) is 11.5. The number of imide groups is 1. The molecule has 0 radical (unpaired) electrons. The topological polar surface area (TPSA) is 69.6 Å². The van der Waals surface area contributed by atoms with E-state index in [0.29, 0.717) is 11.3 Å². The highest BCUT2D eigenvalue weighted by atomic mass is 19.1. The Labute approximate surface area is 109 Å². The number of carbonyl (C=O) groups is 2. The van der Waals surface area contributed by atoms with Crippen molar-refractivity contribution in [3.05, 3.63) is 41.4 Å². The van der Waals surface area contributed by atoms with Crippen LogP contribution in [0.15, 0.2) is 30.0 Å².